The van der Waals surface area contributed by atoms with Gasteiger partial charge in [-0.2, -0.15) is 0 Å². The van der Waals surface area contributed by atoms with Crippen molar-refractivity contribution in [3.63, 3.8) is 0 Å². The lowest BCUT2D eigenvalue weighted by Crippen LogP contribution is -2.11. The molecule has 2 aromatic rings. The monoisotopic (exact) mass is 236 g/mol. The fourth-order valence-electron chi connectivity index (χ4n) is 1.59. The Hall–Kier alpha value is -2.37. The number of furan rings is 1. The minimum absolute atomic E-state index is 0.106. The average molecular weight is 236 g/mol. The van der Waals surface area contributed by atoms with Crippen molar-refractivity contribution in [2.24, 2.45) is 10.9 Å². The lowest BCUT2D eigenvalue weighted by molar-refractivity contribution is 0.317. The van der Waals surface area contributed by atoms with Crippen LogP contribution in [0.4, 0.5) is 0 Å². The number of rotatable bonds is 3. The SMILES string of the molecule is COc1ccc(OC)c2oc(C(N)=NO)cc12. The van der Waals surface area contributed by atoms with Gasteiger partial charge in [-0.25, -0.2) is 0 Å². The fourth-order valence-corrected chi connectivity index (χ4v) is 1.59. The van der Waals surface area contributed by atoms with Crippen LogP contribution in [0, 0.1) is 0 Å². The molecule has 0 aliphatic carbocycles. The van der Waals surface area contributed by atoms with Crippen LogP contribution in [0.5, 0.6) is 11.5 Å². The lowest BCUT2D eigenvalue weighted by Gasteiger charge is -2.03. The molecule has 2 rings (SSSR count). The number of oxime groups is 1. The highest BCUT2D eigenvalue weighted by Crippen LogP contribution is 2.35. The van der Waals surface area contributed by atoms with Crippen LogP contribution in [0.2, 0.25) is 0 Å². The van der Waals surface area contributed by atoms with E-state index in [1.807, 2.05) is 0 Å². The molecular weight excluding hydrogens is 224 g/mol. The van der Waals surface area contributed by atoms with Crippen molar-refractivity contribution >= 4 is 16.8 Å². The van der Waals surface area contributed by atoms with Gasteiger partial charge in [0, 0.05) is 0 Å². The molecule has 0 radical (unpaired) electrons. The molecule has 0 saturated carbocycles. The number of hydrogen-bond donors (Lipinski definition) is 2. The molecule has 0 amide bonds. The number of methoxy groups -OCH3 is 2. The van der Waals surface area contributed by atoms with Crippen LogP contribution < -0.4 is 15.2 Å². The third-order valence-corrected chi connectivity index (χ3v) is 2.41. The molecule has 0 fully saturated rings. The number of ether oxygens (including phenoxy) is 2. The normalized spacial score (nSPS) is 11.8. The van der Waals surface area contributed by atoms with Gasteiger partial charge in [0.15, 0.2) is 17.1 Å². The summed E-state index contributed by atoms with van der Waals surface area (Å²) in [7, 11) is 3.09. The first-order valence-electron chi connectivity index (χ1n) is 4.83. The molecule has 1 aromatic heterocycles. The Balaban J connectivity index is 2.72. The molecule has 0 atom stereocenters. The van der Waals surface area contributed by atoms with Crippen molar-refractivity contribution in [1.29, 1.82) is 0 Å². The zero-order chi connectivity index (χ0) is 12.4. The van der Waals surface area contributed by atoms with E-state index in [4.69, 9.17) is 24.8 Å². The van der Waals surface area contributed by atoms with Gasteiger partial charge in [0.2, 0.25) is 5.84 Å². The van der Waals surface area contributed by atoms with Crippen LogP contribution in [0.15, 0.2) is 27.8 Å². The van der Waals surface area contributed by atoms with Gasteiger partial charge >= 0.3 is 0 Å². The van der Waals surface area contributed by atoms with E-state index in [0.717, 1.165) is 0 Å². The Kier molecular flexibility index (Phi) is 2.78. The summed E-state index contributed by atoms with van der Waals surface area (Å²) in [6.07, 6.45) is 0. The molecule has 0 aliphatic heterocycles. The number of amidine groups is 1. The molecule has 90 valence electrons. The number of hydrogen-bond acceptors (Lipinski definition) is 5. The lowest BCUT2D eigenvalue weighted by atomic mass is 10.2. The summed E-state index contributed by atoms with van der Waals surface area (Å²) in [5.74, 6) is 1.33. The summed E-state index contributed by atoms with van der Waals surface area (Å²) in [6, 6.07) is 5.11. The summed E-state index contributed by atoms with van der Waals surface area (Å²) in [5.41, 5.74) is 5.96. The van der Waals surface area contributed by atoms with Crippen LogP contribution in [0.1, 0.15) is 5.76 Å². The Bertz CT molecular complexity index is 533. The standard InChI is InChI=1S/C11H12N2O4/c1-15-7-3-4-8(16-2)10-6(7)5-9(17-10)11(12)13-14/h3-5,14H,1-2H3,(H2,12,13). The molecule has 0 unspecified atom stereocenters. The topological polar surface area (TPSA) is 90.2 Å². The molecule has 6 heteroatoms. The van der Waals surface area contributed by atoms with Crippen molar-refractivity contribution in [2.75, 3.05) is 14.2 Å². The van der Waals surface area contributed by atoms with Gasteiger partial charge in [-0.05, 0) is 18.2 Å². The molecular formula is C11H12N2O4. The number of fused-ring (bicyclic) bond motifs is 1. The van der Waals surface area contributed by atoms with E-state index in [1.165, 1.54) is 7.11 Å². The summed E-state index contributed by atoms with van der Waals surface area (Å²) in [5, 5.41) is 12.2. The largest absolute Gasteiger partial charge is 0.496 e. The summed E-state index contributed by atoms with van der Waals surface area (Å²) in [4.78, 5) is 0. The van der Waals surface area contributed by atoms with Gasteiger partial charge in [0.1, 0.15) is 5.75 Å². The van der Waals surface area contributed by atoms with Crippen molar-refractivity contribution in [1.82, 2.24) is 0 Å². The van der Waals surface area contributed by atoms with Crippen molar-refractivity contribution in [3.05, 3.63) is 24.0 Å². The summed E-state index contributed by atoms with van der Waals surface area (Å²) >= 11 is 0. The first-order valence-corrected chi connectivity index (χ1v) is 4.83. The molecule has 1 aromatic carbocycles. The average Bonchev–Trinajstić information content (AvgIpc) is 2.81. The zero-order valence-electron chi connectivity index (χ0n) is 9.43. The Morgan fingerprint density at radius 1 is 1.29 bits per heavy atom. The molecule has 0 spiro atoms. The second kappa shape index (κ2) is 4.25. The molecule has 6 nitrogen and oxygen atoms in total. The van der Waals surface area contributed by atoms with Gasteiger partial charge in [0.25, 0.3) is 0 Å². The Labute approximate surface area is 97.2 Å². The maximum Gasteiger partial charge on any atom is 0.205 e. The van der Waals surface area contributed by atoms with Gasteiger partial charge in [-0.3, -0.25) is 0 Å². The van der Waals surface area contributed by atoms with Crippen LogP contribution in [-0.4, -0.2) is 25.3 Å². The third kappa shape index (κ3) is 1.73. The predicted octanol–water partition coefficient (Wildman–Crippen LogP) is 1.54. The molecule has 0 aliphatic rings. The van der Waals surface area contributed by atoms with Crippen LogP contribution >= 0.6 is 0 Å². The quantitative estimate of drug-likeness (QED) is 0.365. The van der Waals surface area contributed by atoms with Crippen molar-refractivity contribution in [2.45, 2.75) is 0 Å². The second-order valence-corrected chi connectivity index (χ2v) is 3.31. The highest BCUT2D eigenvalue weighted by Gasteiger charge is 2.15. The van der Waals surface area contributed by atoms with E-state index in [1.54, 1.807) is 25.3 Å². The highest BCUT2D eigenvalue weighted by atomic mass is 16.5. The molecule has 3 N–H and O–H groups in total. The molecule has 1 heterocycles. The van der Waals surface area contributed by atoms with Gasteiger partial charge < -0.3 is 24.8 Å². The first-order chi connectivity index (χ1) is 8.21. The second-order valence-electron chi connectivity index (χ2n) is 3.31. The van der Waals surface area contributed by atoms with Crippen LogP contribution in [0.25, 0.3) is 11.0 Å². The van der Waals surface area contributed by atoms with Crippen LogP contribution in [0.3, 0.4) is 0 Å². The summed E-state index contributed by atoms with van der Waals surface area (Å²) in [6.45, 7) is 0. The predicted molar refractivity (Wildman–Crippen MR) is 61.8 cm³/mol. The minimum Gasteiger partial charge on any atom is -0.496 e. The maximum atomic E-state index is 8.61. The minimum atomic E-state index is -0.106. The molecule has 0 saturated heterocycles. The number of nitrogens with two attached hydrogens (primary N) is 1. The molecule has 0 bridgehead atoms. The van der Waals surface area contributed by atoms with E-state index < -0.39 is 0 Å². The van der Waals surface area contributed by atoms with E-state index in [0.29, 0.717) is 22.5 Å². The Morgan fingerprint density at radius 2 is 1.94 bits per heavy atom. The summed E-state index contributed by atoms with van der Waals surface area (Å²) < 4.78 is 15.8. The highest BCUT2D eigenvalue weighted by molar-refractivity contribution is 6.00. The van der Waals surface area contributed by atoms with E-state index in [9.17, 15) is 0 Å². The number of nitrogens with zero attached hydrogens (tertiary/aromatic N) is 1. The maximum absolute atomic E-state index is 8.61. The van der Waals surface area contributed by atoms with Gasteiger partial charge in [-0.15, -0.1) is 0 Å². The molecule has 17 heavy (non-hydrogen) atoms. The van der Waals surface area contributed by atoms with Crippen molar-refractivity contribution in [3.8, 4) is 11.5 Å². The number of benzene rings is 1. The zero-order valence-corrected chi connectivity index (χ0v) is 9.43. The van der Waals surface area contributed by atoms with Gasteiger partial charge in [-0.1, -0.05) is 5.16 Å². The third-order valence-electron chi connectivity index (χ3n) is 2.41. The van der Waals surface area contributed by atoms with E-state index in [-0.39, 0.29) is 11.6 Å². The fraction of sp³-hybridized carbons (Fsp3) is 0.182. The first kappa shape index (κ1) is 11.1. The van der Waals surface area contributed by atoms with E-state index in [2.05, 4.69) is 5.16 Å². The van der Waals surface area contributed by atoms with Crippen molar-refractivity contribution < 1.29 is 19.1 Å². The Morgan fingerprint density at radius 3 is 2.53 bits per heavy atom. The van der Waals surface area contributed by atoms with Crippen LogP contribution in [-0.2, 0) is 0 Å². The van der Waals surface area contributed by atoms with Gasteiger partial charge in [0.05, 0.1) is 19.6 Å². The van der Waals surface area contributed by atoms with E-state index >= 15 is 0 Å². The smallest absolute Gasteiger partial charge is 0.205 e.